The molecule has 1 unspecified atom stereocenters. The van der Waals surface area contributed by atoms with Crippen molar-refractivity contribution < 1.29 is 4.74 Å². The van der Waals surface area contributed by atoms with E-state index < -0.39 is 0 Å². The summed E-state index contributed by atoms with van der Waals surface area (Å²) in [5.74, 6) is 0.765. The van der Waals surface area contributed by atoms with E-state index in [1.54, 1.807) is 0 Å². The van der Waals surface area contributed by atoms with Crippen LogP contribution in [0.1, 0.15) is 6.92 Å². The predicted octanol–water partition coefficient (Wildman–Crippen LogP) is 1.60. The fraction of sp³-hybridized carbons (Fsp3) is 0.455. The Morgan fingerprint density at radius 2 is 2.00 bits per heavy atom. The molecule has 0 fully saturated rings. The van der Waals surface area contributed by atoms with E-state index in [-0.39, 0.29) is 0 Å². The topological polar surface area (TPSA) is 38.5 Å². The fourth-order valence-corrected chi connectivity index (χ4v) is 0.971. The van der Waals surface area contributed by atoms with E-state index in [4.69, 9.17) is 10.5 Å². The number of hydrogen-bond acceptors (Lipinski definition) is 3. The van der Waals surface area contributed by atoms with Crippen LogP contribution in [0.4, 0.5) is 5.69 Å². The van der Waals surface area contributed by atoms with Crippen LogP contribution in [-0.4, -0.2) is 31.6 Å². The third-order valence-corrected chi connectivity index (χ3v) is 2.28. The molecular formula is C11H18N2O. The molecule has 0 bridgehead atoms. The first kappa shape index (κ1) is 10.9. The van der Waals surface area contributed by atoms with Crippen molar-refractivity contribution >= 4 is 5.69 Å². The van der Waals surface area contributed by atoms with Gasteiger partial charge in [-0.2, -0.15) is 0 Å². The highest BCUT2D eigenvalue weighted by Gasteiger charge is 2.06. The molecule has 0 spiro atoms. The Bertz CT molecular complexity index is 286. The van der Waals surface area contributed by atoms with E-state index in [0.717, 1.165) is 5.75 Å². The van der Waals surface area contributed by atoms with Crippen molar-refractivity contribution in [1.29, 1.82) is 0 Å². The smallest absolute Gasteiger partial charge is 0.142 e. The van der Waals surface area contributed by atoms with Gasteiger partial charge in [0.1, 0.15) is 12.4 Å². The highest BCUT2D eigenvalue weighted by Crippen LogP contribution is 2.19. The summed E-state index contributed by atoms with van der Waals surface area (Å²) in [6.07, 6.45) is 0. The average Bonchev–Trinajstić information content (AvgIpc) is 2.16. The number of nitrogen functional groups attached to an aromatic ring is 1. The highest BCUT2D eigenvalue weighted by atomic mass is 16.5. The molecule has 0 saturated heterocycles. The van der Waals surface area contributed by atoms with Gasteiger partial charge in [-0.15, -0.1) is 0 Å². The summed E-state index contributed by atoms with van der Waals surface area (Å²) in [5.41, 5.74) is 6.44. The molecule has 3 heteroatoms. The van der Waals surface area contributed by atoms with E-state index in [1.807, 2.05) is 38.4 Å². The lowest BCUT2D eigenvalue weighted by Crippen LogP contribution is -2.30. The fourth-order valence-electron chi connectivity index (χ4n) is 0.971. The summed E-state index contributed by atoms with van der Waals surface area (Å²) < 4.78 is 5.59. The van der Waals surface area contributed by atoms with Gasteiger partial charge in [-0.25, -0.2) is 0 Å². The molecule has 0 saturated carbocycles. The van der Waals surface area contributed by atoms with Gasteiger partial charge in [0.15, 0.2) is 0 Å². The number of hydrogen-bond donors (Lipinski definition) is 1. The predicted molar refractivity (Wildman–Crippen MR) is 59.5 cm³/mol. The molecule has 14 heavy (non-hydrogen) atoms. The zero-order valence-corrected chi connectivity index (χ0v) is 9.03. The van der Waals surface area contributed by atoms with Crippen molar-refractivity contribution in [2.45, 2.75) is 13.0 Å². The maximum atomic E-state index is 5.74. The molecule has 0 aliphatic carbocycles. The number of benzene rings is 1. The molecule has 0 heterocycles. The average molecular weight is 194 g/mol. The maximum Gasteiger partial charge on any atom is 0.142 e. The summed E-state index contributed by atoms with van der Waals surface area (Å²) in [6, 6.07) is 7.94. The Hall–Kier alpha value is -1.22. The first-order valence-corrected chi connectivity index (χ1v) is 4.75. The second-order valence-electron chi connectivity index (χ2n) is 3.66. The number of rotatable bonds is 4. The third kappa shape index (κ3) is 2.92. The number of para-hydroxylation sites is 2. The van der Waals surface area contributed by atoms with Gasteiger partial charge in [0.25, 0.3) is 0 Å². The van der Waals surface area contributed by atoms with Crippen LogP contribution in [0.15, 0.2) is 24.3 Å². The normalized spacial score (nSPS) is 12.9. The molecule has 1 atom stereocenters. The van der Waals surface area contributed by atoms with Crippen LogP contribution in [0.5, 0.6) is 5.75 Å². The molecule has 2 N–H and O–H groups in total. The minimum absolute atomic E-state index is 0.384. The van der Waals surface area contributed by atoms with E-state index in [0.29, 0.717) is 18.3 Å². The lowest BCUT2D eigenvalue weighted by atomic mass is 10.3. The third-order valence-electron chi connectivity index (χ3n) is 2.28. The van der Waals surface area contributed by atoms with Crippen molar-refractivity contribution in [1.82, 2.24) is 4.90 Å². The van der Waals surface area contributed by atoms with Gasteiger partial charge in [0, 0.05) is 6.04 Å². The number of ether oxygens (including phenoxy) is 1. The van der Waals surface area contributed by atoms with Gasteiger partial charge in [-0.3, -0.25) is 0 Å². The zero-order chi connectivity index (χ0) is 10.6. The van der Waals surface area contributed by atoms with Gasteiger partial charge in [-0.1, -0.05) is 12.1 Å². The van der Waals surface area contributed by atoms with Gasteiger partial charge in [0.2, 0.25) is 0 Å². The molecular weight excluding hydrogens is 176 g/mol. The number of likely N-dealkylation sites (N-methyl/N-ethyl adjacent to an activating group) is 1. The molecule has 78 valence electrons. The second-order valence-corrected chi connectivity index (χ2v) is 3.66. The van der Waals surface area contributed by atoms with Crippen LogP contribution in [0.2, 0.25) is 0 Å². The maximum absolute atomic E-state index is 5.74. The van der Waals surface area contributed by atoms with E-state index >= 15 is 0 Å². The van der Waals surface area contributed by atoms with Crippen molar-refractivity contribution in [3.05, 3.63) is 24.3 Å². The number of nitrogens with two attached hydrogens (primary N) is 1. The largest absolute Gasteiger partial charge is 0.490 e. The minimum Gasteiger partial charge on any atom is -0.490 e. The van der Waals surface area contributed by atoms with Crippen molar-refractivity contribution in [2.24, 2.45) is 0 Å². The number of nitrogens with zero attached hydrogens (tertiary/aromatic N) is 1. The summed E-state index contributed by atoms with van der Waals surface area (Å²) >= 11 is 0. The quantitative estimate of drug-likeness (QED) is 0.740. The van der Waals surface area contributed by atoms with Crippen molar-refractivity contribution in [3.8, 4) is 5.75 Å². The Kier molecular flexibility index (Phi) is 3.77. The molecule has 0 aliphatic heterocycles. The van der Waals surface area contributed by atoms with Crippen LogP contribution in [-0.2, 0) is 0 Å². The SMILES string of the molecule is CC(COc1ccccc1N)N(C)C. The lowest BCUT2D eigenvalue weighted by molar-refractivity contribution is 0.199. The molecule has 0 amide bonds. The molecule has 0 aromatic heterocycles. The summed E-state index contributed by atoms with van der Waals surface area (Å²) in [5, 5.41) is 0. The monoisotopic (exact) mass is 194 g/mol. The van der Waals surface area contributed by atoms with Gasteiger partial charge in [-0.05, 0) is 33.2 Å². The van der Waals surface area contributed by atoms with Gasteiger partial charge in [0.05, 0.1) is 5.69 Å². The Morgan fingerprint density at radius 3 is 2.57 bits per heavy atom. The lowest BCUT2D eigenvalue weighted by Gasteiger charge is -2.20. The van der Waals surface area contributed by atoms with Crippen LogP contribution in [0, 0.1) is 0 Å². The molecule has 0 radical (unpaired) electrons. The van der Waals surface area contributed by atoms with E-state index in [2.05, 4.69) is 11.8 Å². The zero-order valence-electron chi connectivity index (χ0n) is 9.03. The standard InChI is InChI=1S/C11H18N2O/c1-9(13(2)3)8-14-11-7-5-4-6-10(11)12/h4-7,9H,8,12H2,1-3H3. The first-order valence-electron chi connectivity index (χ1n) is 4.75. The molecule has 3 nitrogen and oxygen atoms in total. The van der Waals surface area contributed by atoms with Gasteiger partial charge < -0.3 is 15.4 Å². The summed E-state index contributed by atoms with van der Waals surface area (Å²) in [6.45, 7) is 2.76. The van der Waals surface area contributed by atoms with Crippen LogP contribution < -0.4 is 10.5 Å². The summed E-state index contributed by atoms with van der Waals surface area (Å²) in [4.78, 5) is 2.11. The van der Waals surface area contributed by atoms with Gasteiger partial charge >= 0.3 is 0 Å². The Labute approximate surface area is 85.5 Å². The van der Waals surface area contributed by atoms with Crippen LogP contribution >= 0.6 is 0 Å². The van der Waals surface area contributed by atoms with Crippen LogP contribution in [0.3, 0.4) is 0 Å². The Morgan fingerprint density at radius 1 is 1.36 bits per heavy atom. The number of anilines is 1. The van der Waals surface area contributed by atoms with Crippen molar-refractivity contribution in [3.63, 3.8) is 0 Å². The molecule has 0 aliphatic rings. The van der Waals surface area contributed by atoms with E-state index in [1.165, 1.54) is 0 Å². The second kappa shape index (κ2) is 4.86. The minimum atomic E-state index is 0.384. The summed E-state index contributed by atoms with van der Waals surface area (Å²) in [7, 11) is 4.06. The molecule has 1 aromatic carbocycles. The van der Waals surface area contributed by atoms with E-state index in [9.17, 15) is 0 Å². The molecule has 1 rings (SSSR count). The highest BCUT2D eigenvalue weighted by molar-refractivity contribution is 5.51. The molecule has 1 aromatic rings. The van der Waals surface area contributed by atoms with Crippen LogP contribution in [0.25, 0.3) is 0 Å². The first-order chi connectivity index (χ1) is 6.61. The Balaban J connectivity index is 2.50. The van der Waals surface area contributed by atoms with Crippen molar-refractivity contribution in [2.75, 3.05) is 26.4 Å².